The number of aryl methyl sites for hydroxylation is 1. The summed E-state index contributed by atoms with van der Waals surface area (Å²) in [6, 6.07) is 11.7. The number of amides is 1. The van der Waals surface area contributed by atoms with Crippen molar-refractivity contribution in [2.75, 3.05) is 42.9 Å². The molecule has 2 saturated heterocycles. The monoisotopic (exact) mass is 447 g/mol. The van der Waals surface area contributed by atoms with Gasteiger partial charge in [0.1, 0.15) is 5.82 Å². The van der Waals surface area contributed by atoms with Crippen LogP contribution in [0.25, 0.3) is 0 Å². The molecular formula is C25H33N7O. The second-order valence-electron chi connectivity index (χ2n) is 8.94. The van der Waals surface area contributed by atoms with Crippen LogP contribution < -0.4 is 15.5 Å². The topological polar surface area (TPSA) is 97.2 Å². The van der Waals surface area contributed by atoms with Gasteiger partial charge in [-0.25, -0.2) is 4.98 Å². The molecule has 0 bridgehead atoms. The molecule has 1 atom stereocenters. The molecule has 1 aromatic carbocycles. The molecule has 0 saturated carbocycles. The number of hydrogen-bond acceptors (Lipinski definition) is 7. The van der Waals surface area contributed by atoms with Gasteiger partial charge in [0.25, 0.3) is 0 Å². The lowest BCUT2D eigenvalue weighted by Gasteiger charge is -2.26. The summed E-state index contributed by atoms with van der Waals surface area (Å²) in [5.41, 5.74) is 2.37. The van der Waals surface area contributed by atoms with Crippen LogP contribution in [0.3, 0.4) is 0 Å². The highest BCUT2D eigenvalue weighted by Crippen LogP contribution is 2.23. The predicted molar refractivity (Wildman–Crippen MR) is 130 cm³/mol. The van der Waals surface area contributed by atoms with E-state index < -0.39 is 0 Å². The predicted octanol–water partition coefficient (Wildman–Crippen LogP) is 3.23. The van der Waals surface area contributed by atoms with Crippen LogP contribution in [0.2, 0.25) is 0 Å². The number of piperidine rings is 1. The minimum Gasteiger partial charge on any atom is -0.354 e. The molecule has 3 heterocycles. The van der Waals surface area contributed by atoms with E-state index in [0.29, 0.717) is 18.1 Å². The number of anilines is 3. The van der Waals surface area contributed by atoms with Gasteiger partial charge in [-0.05, 0) is 57.0 Å². The van der Waals surface area contributed by atoms with Crippen LogP contribution in [0, 0.1) is 11.3 Å². The molecule has 174 valence electrons. The van der Waals surface area contributed by atoms with Gasteiger partial charge >= 0.3 is 0 Å². The van der Waals surface area contributed by atoms with Crippen molar-refractivity contribution in [2.45, 2.75) is 51.5 Å². The third-order valence-electron chi connectivity index (χ3n) is 6.21. The Kier molecular flexibility index (Phi) is 7.74. The second kappa shape index (κ2) is 11.1. The summed E-state index contributed by atoms with van der Waals surface area (Å²) in [5.74, 6) is 1.53. The molecule has 2 fully saturated rings. The van der Waals surface area contributed by atoms with Crippen molar-refractivity contribution in [1.29, 1.82) is 5.26 Å². The maximum atomic E-state index is 12.5. The number of carbonyl (C=O) groups excluding carboxylic acids is 1. The van der Waals surface area contributed by atoms with Crippen molar-refractivity contribution in [3.8, 4) is 6.07 Å². The molecule has 0 unspecified atom stereocenters. The number of likely N-dealkylation sites (tertiary alicyclic amines) is 1. The van der Waals surface area contributed by atoms with Gasteiger partial charge in [0.05, 0.1) is 18.2 Å². The van der Waals surface area contributed by atoms with E-state index >= 15 is 0 Å². The Bertz CT molecular complexity index is 996. The highest BCUT2D eigenvalue weighted by atomic mass is 16.2. The molecule has 1 amide bonds. The molecule has 4 rings (SSSR count). The molecule has 1 aromatic heterocycles. The normalized spacial score (nSPS) is 18.7. The van der Waals surface area contributed by atoms with Crippen LogP contribution >= 0.6 is 0 Å². The standard InChI is InChI=1S/C25H33N7O/c1-2-7-20-15-23(30-25(28-20)29-21-9-6-8-19(14-21)16-26)32-13-10-22(17-32)27-24(33)18-31-11-4-3-5-12-31/h6,8-9,14-15,22H,2-5,7,10-13,17-18H2,1H3,(H,27,33)(H,28,29,30)/t22-/m0/s1. The molecule has 33 heavy (non-hydrogen) atoms. The Morgan fingerprint density at radius 2 is 2.03 bits per heavy atom. The van der Waals surface area contributed by atoms with E-state index in [1.807, 2.05) is 12.1 Å². The molecule has 2 aromatic rings. The minimum absolute atomic E-state index is 0.123. The summed E-state index contributed by atoms with van der Waals surface area (Å²) in [5, 5.41) is 15.6. The quantitative estimate of drug-likeness (QED) is 0.641. The number of aromatic nitrogens is 2. The van der Waals surface area contributed by atoms with Crippen molar-refractivity contribution in [1.82, 2.24) is 20.2 Å². The lowest BCUT2D eigenvalue weighted by molar-refractivity contribution is -0.123. The first-order valence-corrected chi connectivity index (χ1v) is 12.0. The Hall–Kier alpha value is -3.18. The van der Waals surface area contributed by atoms with Gasteiger partial charge in [-0.1, -0.05) is 25.8 Å². The summed E-state index contributed by atoms with van der Waals surface area (Å²) in [6.45, 7) is 6.28. The first-order chi connectivity index (χ1) is 16.1. The fourth-order valence-electron chi connectivity index (χ4n) is 4.56. The van der Waals surface area contributed by atoms with E-state index in [1.165, 1.54) is 19.3 Å². The van der Waals surface area contributed by atoms with Gasteiger partial charge in [0.15, 0.2) is 0 Å². The fraction of sp³-hybridized carbons (Fsp3) is 0.520. The summed E-state index contributed by atoms with van der Waals surface area (Å²) in [4.78, 5) is 26.4. The summed E-state index contributed by atoms with van der Waals surface area (Å²) >= 11 is 0. The minimum atomic E-state index is 0.123. The van der Waals surface area contributed by atoms with E-state index in [1.54, 1.807) is 12.1 Å². The third-order valence-corrected chi connectivity index (χ3v) is 6.21. The van der Waals surface area contributed by atoms with Gasteiger partial charge in [-0.3, -0.25) is 9.69 Å². The van der Waals surface area contributed by atoms with Gasteiger partial charge in [0, 0.05) is 36.6 Å². The van der Waals surface area contributed by atoms with Crippen LogP contribution in [-0.4, -0.2) is 59.5 Å². The Morgan fingerprint density at radius 1 is 1.18 bits per heavy atom. The fourth-order valence-corrected chi connectivity index (χ4v) is 4.56. The molecule has 2 aliphatic heterocycles. The molecule has 0 spiro atoms. The zero-order valence-electron chi connectivity index (χ0n) is 19.4. The third kappa shape index (κ3) is 6.42. The first-order valence-electron chi connectivity index (χ1n) is 12.0. The highest BCUT2D eigenvalue weighted by Gasteiger charge is 2.26. The number of nitrogens with zero attached hydrogens (tertiary/aromatic N) is 5. The average Bonchev–Trinajstić information content (AvgIpc) is 3.28. The molecule has 8 heteroatoms. The lowest BCUT2D eigenvalue weighted by atomic mass is 10.1. The van der Waals surface area contributed by atoms with E-state index in [-0.39, 0.29) is 11.9 Å². The summed E-state index contributed by atoms with van der Waals surface area (Å²) in [6.07, 6.45) is 6.42. The second-order valence-corrected chi connectivity index (χ2v) is 8.94. The van der Waals surface area contributed by atoms with Crippen LogP contribution in [0.15, 0.2) is 30.3 Å². The number of nitrogens with one attached hydrogen (secondary N) is 2. The number of hydrogen-bond donors (Lipinski definition) is 2. The smallest absolute Gasteiger partial charge is 0.234 e. The molecule has 2 N–H and O–H groups in total. The Morgan fingerprint density at radius 3 is 2.82 bits per heavy atom. The van der Waals surface area contributed by atoms with Crippen LogP contribution in [0.5, 0.6) is 0 Å². The van der Waals surface area contributed by atoms with Gasteiger partial charge in [-0.2, -0.15) is 10.2 Å². The SMILES string of the molecule is CCCc1cc(N2CC[C@H](NC(=O)CN3CCCCC3)C2)nc(Nc2cccc(C#N)c2)n1. The van der Waals surface area contributed by atoms with Crippen LogP contribution in [0.4, 0.5) is 17.5 Å². The number of carbonyl (C=O) groups is 1. The van der Waals surface area contributed by atoms with Crippen molar-refractivity contribution in [2.24, 2.45) is 0 Å². The van der Waals surface area contributed by atoms with Crippen LogP contribution in [-0.2, 0) is 11.2 Å². The molecule has 2 aliphatic rings. The van der Waals surface area contributed by atoms with Crippen molar-refractivity contribution in [3.63, 3.8) is 0 Å². The number of benzene rings is 1. The first kappa shape index (κ1) is 23.0. The maximum Gasteiger partial charge on any atom is 0.234 e. The molecule has 0 radical (unpaired) electrons. The molecule has 8 nitrogen and oxygen atoms in total. The van der Waals surface area contributed by atoms with E-state index in [4.69, 9.17) is 10.2 Å². The van der Waals surface area contributed by atoms with Crippen molar-refractivity contribution >= 4 is 23.4 Å². The number of nitriles is 1. The molecule has 0 aliphatic carbocycles. The van der Waals surface area contributed by atoms with Gasteiger partial charge in [-0.15, -0.1) is 0 Å². The average molecular weight is 448 g/mol. The van der Waals surface area contributed by atoms with Crippen LogP contribution in [0.1, 0.15) is 50.3 Å². The molecular weight excluding hydrogens is 414 g/mol. The van der Waals surface area contributed by atoms with Gasteiger partial charge < -0.3 is 15.5 Å². The van der Waals surface area contributed by atoms with Crippen molar-refractivity contribution in [3.05, 3.63) is 41.6 Å². The van der Waals surface area contributed by atoms with E-state index in [0.717, 1.165) is 62.6 Å². The zero-order valence-corrected chi connectivity index (χ0v) is 19.4. The number of rotatable bonds is 8. The largest absolute Gasteiger partial charge is 0.354 e. The van der Waals surface area contributed by atoms with E-state index in [9.17, 15) is 4.79 Å². The summed E-state index contributed by atoms with van der Waals surface area (Å²) < 4.78 is 0. The highest BCUT2D eigenvalue weighted by molar-refractivity contribution is 5.78. The maximum absolute atomic E-state index is 12.5. The Labute approximate surface area is 196 Å². The van der Waals surface area contributed by atoms with E-state index in [2.05, 4.69) is 44.5 Å². The van der Waals surface area contributed by atoms with Crippen molar-refractivity contribution < 1.29 is 4.79 Å². The zero-order chi connectivity index (χ0) is 23.0. The van der Waals surface area contributed by atoms with Gasteiger partial charge in [0.2, 0.25) is 11.9 Å². The lowest BCUT2D eigenvalue weighted by Crippen LogP contribution is -2.44. The Balaban J connectivity index is 1.41. The summed E-state index contributed by atoms with van der Waals surface area (Å²) in [7, 11) is 0.